The lowest BCUT2D eigenvalue weighted by Crippen LogP contribution is -2.33. The fraction of sp³-hybridized carbons (Fsp3) is 0.385. The number of rotatable bonds is 3. The molecule has 2 aromatic rings. The first-order valence-corrected chi connectivity index (χ1v) is 7.00. The lowest BCUT2D eigenvalue weighted by Gasteiger charge is -2.25. The summed E-state index contributed by atoms with van der Waals surface area (Å²) < 4.78 is 0. The van der Waals surface area contributed by atoms with Crippen molar-refractivity contribution in [3.63, 3.8) is 0 Å². The molecule has 18 heavy (non-hydrogen) atoms. The van der Waals surface area contributed by atoms with Crippen molar-refractivity contribution < 1.29 is 5.11 Å². The highest BCUT2D eigenvalue weighted by Crippen LogP contribution is 2.33. The molecule has 1 aliphatic rings. The molecule has 3 rings (SSSR count). The van der Waals surface area contributed by atoms with Crippen molar-refractivity contribution in [1.29, 1.82) is 0 Å². The second kappa shape index (κ2) is 5.04. The van der Waals surface area contributed by atoms with E-state index >= 15 is 0 Å². The molecule has 4 nitrogen and oxygen atoms in total. The Kier molecular flexibility index (Phi) is 3.25. The molecule has 94 valence electrons. The van der Waals surface area contributed by atoms with Crippen LogP contribution in [0, 0.1) is 0 Å². The third-order valence-electron chi connectivity index (χ3n) is 3.29. The molecule has 1 fully saturated rings. The van der Waals surface area contributed by atoms with Crippen molar-refractivity contribution in [3.8, 4) is 10.6 Å². The fourth-order valence-corrected chi connectivity index (χ4v) is 3.15. The van der Waals surface area contributed by atoms with Crippen molar-refractivity contribution in [3.05, 3.63) is 29.9 Å². The van der Waals surface area contributed by atoms with Gasteiger partial charge in [0, 0.05) is 18.9 Å². The molecule has 1 unspecified atom stereocenters. The lowest BCUT2D eigenvalue weighted by atomic mass is 10.2. The number of aliphatic hydroxyl groups is 1. The summed E-state index contributed by atoms with van der Waals surface area (Å²) in [4.78, 5) is 12.2. The van der Waals surface area contributed by atoms with Gasteiger partial charge in [-0.15, -0.1) is 11.3 Å². The van der Waals surface area contributed by atoms with Gasteiger partial charge in [0.25, 0.3) is 0 Å². The van der Waals surface area contributed by atoms with Crippen molar-refractivity contribution in [1.82, 2.24) is 9.97 Å². The molecule has 0 saturated carbocycles. The van der Waals surface area contributed by atoms with Crippen LogP contribution in [0.15, 0.2) is 29.9 Å². The number of thiophene rings is 1. The first kappa shape index (κ1) is 11.6. The smallest absolute Gasteiger partial charge is 0.156 e. The lowest BCUT2D eigenvalue weighted by molar-refractivity contribution is 0.266. The van der Waals surface area contributed by atoms with E-state index in [1.54, 1.807) is 23.7 Å². The van der Waals surface area contributed by atoms with Gasteiger partial charge in [-0.2, -0.15) is 0 Å². The van der Waals surface area contributed by atoms with Gasteiger partial charge in [-0.25, -0.2) is 9.97 Å². The maximum atomic E-state index is 9.43. The largest absolute Gasteiger partial charge is 0.394 e. The average Bonchev–Trinajstić information content (AvgIpc) is 3.09. The maximum absolute atomic E-state index is 9.43. The van der Waals surface area contributed by atoms with Crippen LogP contribution in [0.4, 0.5) is 5.82 Å². The summed E-state index contributed by atoms with van der Waals surface area (Å²) in [7, 11) is 0. The second-order valence-electron chi connectivity index (χ2n) is 4.38. The highest BCUT2D eigenvalue weighted by molar-refractivity contribution is 7.13. The van der Waals surface area contributed by atoms with Gasteiger partial charge in [0.1, 0.15) is 5.69 Å². The van der Waals surface area contributed by atoms with E-state index in [9.17, 15) is 5.11 Å². The van der Waals surface area contributed by atoms with Crippen LogP contribution in [-0.4, -0.2) is 34.3 Å². The Bertz CT molecular complexity index is 515. The zero-order valence-corrected chi connectivity index (χ0v) is 10.8. The molecule has 0 radical (unpaired) electrons. The van der Waals surface area contributed by atoms with E-state index in [4.69, 9.17) is 0 Å². The molecule has 0 aromatic carbocycles. The molecule has 1 aliphatic heterocycles. The van der Waals surface area contributed by atoms with Gasteiger partial charge in [0.15, 0.2) is 5.82 Å². The molecule has 0 amide bonds. The van der Waals surface area contributed by atoms with Gasteiger partial charge < -0.3 is 10.0 Å². The van der Waals surface area contributed by atoms with Crippen molar-refractivity contribution in [2.75, 3.05) is 18.1 Å². The van der Waals surface area contributed by atoms with E-state index in [-0.39, 0.29) is 12.6 Å². The Morgan fingerprint density at radius 3 is 3.06 bits per heavy atom. The van der Waals surface area contributed by atoms with Crippen molar-refractivity contribution in [2.45, 2.75) is 18.9 Å². The molecule has 1 N–H and O–H groups in total. The van der Waals surface area contributed by atoms with Gasteiger partial charge >= 0.3 is 0 Å². The van der Waals surface area contributed by atoms with E-state index in [2.05, 4.69) is 20.9 Å². The number of hydrogen-bond donors (Lipinski definition) is 1. The van der Waals surface area contributed by atoms with Crippen LogP contribution in [0.3, 0.4) is 0 Å². The van der Waals surface area contributed by atoms with Gasteiger partial charge in [-0.1, -0.05) is 6.07 Å². The summed E-state index contributed by atoms with van der Waals surface area (Å²) in [5.74, 6) is 0.900. The highest BCUT2D eigenvalue weighted by atomic mass is 32.1. The fourth-order valence-electron chi connectivity index (χ4n) is 2.43. The number of aliphatic hydroxyl groups excluding tert-OH is 1. The van der Waals surface area contributed by atoms with E-state index in [0.29, 0.717) is 0 Å². The molecule has 5 heteroatoms. The summed E-state index contributed by atoms with van der Waals surface area (Å²) in [6, 6.07) is 4.26. The van der Waals surface area contributed by atoms with Crippen molar-refractivity contribution >= 4 is 17.2 Å². The Balaban J connectivity index is 2.02. The van der Waals surface area contributed by atoms with Crippen LogP contribution < -0.4 is 4.90 Å². The van der Waals surface area contributed by atoms with E-state index in [0.717, 1.165) is 35.8 Å². The Morgan fingerprint density at radius 2 is 2.28 bits per heavy atom. The molecule has 2 aromatic heterocycles. The number of aromatic nitrogens is 2. The van der Waals surface area contributed by atoms with Crippen LogP contribution in [0.5, 0.6) is 0 Å². The Labute approximate surface area is 110 Å². The predicted octanol–water partition coefficient (Wildman–Crippen LogP) is 2.17. The van der Waals surface area contributed by atoms with Crippen LogP contribution in [0.1, 0.15) is 12.8 Å². The Morgan fingerprint density at radius 1 is 1.39 bits per heavy atom. The number of nitrogens with zero attached hydrogens (tertiary/aromatic N) is 3. The predicted molar refractivity (Wildman–Crippen MR) is 72.8 cm³/mol. The zero-order chi connectivity index (χ0) is 12.4. The summed E-state index contributed by atoms with van der Waals surface area (Å²) >= 11 is 1.67. The maximum Gasteiger partial charge on any atom is 0.156 e. The first-order valence-electron chi connectivity index (χ1n) is 6.12. The first-order chi connectivity index (χ1) is 8.90. The molecular formula is C13H15N3OS. The molecule has 1 atom stereocenters. The number of hydrogen-bond acceptors (Lipinski definition) is 5. The summed E-state index contributed by atoms with van der Waals surface area (Å²) in [6.07, 6.45) is 5.57. The summed E-state index contributed by atoms with van der Waals surface area (Å²) in [6.45, 7) is 1.13. The summed E-state index contributed by atoms with van der Waals surface area (Å²) in [5, 5.41) is 11.5. The highest BCUT2D eigenvalue weighted by Gasteiger charge is 2.27. The SMILES string of the molecule is OCC1CCCN1c1nccnc1-c1cccs1. The zero-order valence-electron chi connectivity index (χ0n) is 9.99. The van der Waals surface area contributed by atoms with E-state index < -0.39 is 0 Å². The van der Waals surface area contributed by atoms with Crippen molar-refractivity contribution in [2.24, 2.45) is 0 Å². The number of anilines is 1. The monoisotopic (exact) mass is 261 g/mol. The molecule has 1 saturated heterocycles. The third kappa shape index (κ3) is 2.00. The van der Waals surface area contributed by atoms with Crippen LogP contribution in [-0.2, 0) is 0 Å². The minimum atomic E-state index is 0.181. The van der Waals surface area contributed by atoms with E-state index in [1.807, 2.05) is 11.4 Å². The van der Waals surface area contributed by atoms with Gasteiger partial charge in [-0.3, -0.25) is 0 Å². The molecule has 0 spiro atoms. The molecular weight excluding hydrogens is 246 g/mol. The Hall–Kier alpha value is -1.46. The third-order valence-corrected chi connectivity index (χ3v) is 4.17. The normalized spacial score (nSPS) is 19.4. The summed E-state index contributed by atoms with van der Waals surface area (Å²) in [5.41, 5.74) is 0.924. The quantitative estimate of drug-likeness (QED) is 0.920. The topological polar surface area (TPSA) is 49.2 Å². The van der Waals surface area contributed by atoms with Crippen LogP contribution in [0.2, 0.25) is 0 Å². The van der Waals surface area contributed by atoms with Gasteiger partial charge in [0.05, 0.1) is 17.5 Å². The standard InChI is InChI=1S/C13H15N3OS/c17-9-10-3-1-7-16(10)13-12(14-5-6-15-13)11-4-2-8-18-11/h2,4-6,8,10,17H,1,3,7,9H2. The van der Waals surface area contributed by atoms with Gasteiger partial charge in [0.2, 0.25) is 0 Å². The average molecular weight is 261 g/mol. The van der Waals surface area contributed by atoms with E-state index in [1.165, 1.54) is 0 Å². The second-order valence-corrected chi connectivity index (χ2v) is 5.33. The molecule has 0 aliphatic carbocycles. The minimum absolute atomic E-state index is 0.181. The van der Waals surface area contributed by atoms with Gasteiger partial charge in [-0.05, 0) is 24.3 Å². The molecule has 0 bridgehead atoms. The van der Waals surface area contributed by atoms with Crippen LogP contribution in [0.25, 0.3) is 10.6 Å². The minimum Gasteiger partial charge on any atom is -0.394 e. The van der Waals surface area contributed by atoms with Crippen LogP contribution >= 0.6 is 11.3 Å². The molecule has 3 heterocycles.